The fourth-order valence-corrected chi connectivity index (χ4v) is 3.78. The predicted molar refractivity (Wildman–Crippen MR) is 94.4 cm³/mol. The maximum absolute atomic E-state index is 13.3. The van der Waals surface area contributed by atoms with Gasteiger partial charge in [0.1, 0.15) is 0 Å². The molecule has 0 N–H and O–H groups in total. The summed E-state index contributed by atoms with van der Waals surface area (Å²) >= 11 is 0. The molecule has 3 aromatic heterocycles. The van der Waals surface area contributed by atoms with Gasteiger partial charge in [0.15, 0.2) is 5.65 Å². The van der Waals surface area contributed by atoms with Crippen LogP contribution in [0.5, 0.6) is 0 Å². The minimum atomic E-state index is 0.0661. The number of hydrogen-bond acceptors (Lipinski definition) is 4. The summed E-state index contributed by atoms with van der Waals surface area (Å²) in [6, 6.07) is 2.17. The molecule has 1 saturated heterocycles. The van der Waals surface area contributed by atoms with E-state index in [1.807, 2.05) is 44.4 Å². The topological polar surface area (TPSA) is 68.8 Å². The predicted octanol–water partition coefficient (Wildman–Crippen LogP) is 2.26. The third kappa shape index (κ3) is 2.69. The van der Waals surface area contributed by atoms with Gasteiger partial charge < -0.3 is 9.47 Å². The number of imidazole rings is 1. The van der Waals surface area contributed by atoms with E-state index in [-0.39, 0.29) is 11.9 Å². The Labute approximate surface area is 146 Å². The number of aryl methyl sites for hydroxylation is 3. The molecule has 7 heteroatoms. The zero-order chi connectivity index (χ0) is 17.6. The summed E-state index contributed by atoms with van der Waals surface area (Å²) < 4.78 is 3.85. The molecular weight excluding hydrogens is 316 g/mol. The van der Waals surface area contributed by atoms with Crippen LogP contribution in [0.3, 0.4) is 0 Å². The van der Waals surface area contributed by atoms with E-state index in [0.29, 0.717) is 12.1 Å². The van der Waals surface area contributed by atoms with Crippen LogP contribution in [0.1, 0.15) is 40.6 Å². The number of likely N-dealkylation sites (tertiary alicyclic amines) is 1. The first-order chi connectivity index (χ1) is 12.0. The van der Waals surface area contributed by atoms with Crippen LogP contribution in [0.4, 0.5) is 0 Å². The molecule has 1 atom stereocenters. The van der Waals surface area contributed by atoms with Crippen LogP contribution in [-0.2, 0) is 7.05 Å². The molecular formula is C18H22N6O. The van der Waals surface area contributed by atoms with E-state index in [4.69, 9.17) is 0 Å². The molecule has 1 fully saturated rings. The molecule has 1 aliphatic rings. The highest BCUT2D eigenvalue weighted by molar-refractivity contribution is 6.06. The van der Waals surface area contributed by atoms with E-state index in [0.717, 1.165) is 41.8 Å². The van der Waals surface area contributed by atoms with Crippen molar-refractivity contribution in [2.24, 2.45) is 7.05 Å². The first kappa shape index (κ1) is 15.8. The van der Waals surface area contributed by atoms with E-state index < -0.39 is 0 Å². The molecule has 1 aliphatic heterocycles. The standard InChI is InChI=1S/C18H22N6O/c1-12-9-15(16-13(2)21-22(3)17(16)20-12)18(25)23-7-4-5-14(10-23)24-8-6-19-11-24/h6,8-9,11,14H,4-5,7,10H2,1-3H3/t14-/m1/s1. The van der Waals surface area contributed by atoms with Gasteiger partial charge in [0, 0.05) is 38.2 Å². The summed E-state index contributed by atoms with van der Waals surface area (Å²) in [4.78, 5) is 23.9. The molecule has 0 unspecified atom stereocenters. The number of rotatable bonds is 2. The summed E-state index contributed by atoms with van der Waals surface area (Å²) in [5, 5.41) is 5.31. The summed E-state index contributed by atoms with van der Waals surface area (Å²) in [5.74, 6) is 0.0661. The summed E-state index contributed by atoms with van der Waals surface area (Å²) in [5.41, 5.74) is 3.15. The number of aromatic nitrogens is 5. The summed E-state index contributed by atoms with van der Waals surface area (Å²) in [7, 11) is 1.87. The van der Waals surface area contributed by atoms with Gasteiger partial charge in [0.2, 0.25) is 0 Å². The van der Waals surface area contributed by atoms with Crippen molar-refractivity contribution in [3.63, 3.8) is 0 Å². The lowest BCUT2D eigenvalue weighted by atomic mass is 10.0. The number of piperidine rings is 1. The lowest BCUT2D eigenvalue weighted by Crippen LogP contribution is -2.40. The van der Waals surface area contributed by atoms with Crippen LogP contribution in [0.25, 0.3) is 11.0 Å². The van der Waals surface area contributed by atoms with Gasteiger partial charge in [-0.1, -0.05) is 0 Å². The lowest BCUT2D eigenvalue weighted by molar-refractivity contribution is 0.0681. The second kappa shape index (κ2) is 5.98. The van der Waals surface area contributed by atoms with Crippen molar-refractivity contribution in [2.45, 2.75) is 32.7 Å². The van der Waals surface area contributed by atoms with E-state index in [1.54, 1.807) is 10.9 Å². The SMILES string of the molecule is Cc1cc(C(=O)N2CCC[C@@H](n3ccnc3)C2)c2c(C)nn(C)c2n1. The Morgan fingerprint density at radius 2 is 2.16 bits per heavy atom. The average Bonchev–Trinajstić information content (AvgIpc) is 3.23. The first-order valence-corrected chi connectivity index (χ1v) is 8.62. The number of pyridine rings is 1. The Morgan fingerprint density at radius 3 is 2.92 bits per heavy atom. The second-order valence-corrected chi connectivity index (χ2v) is 6.78. The fraction of sp³-hybridized carbons (Fsp3) is 0.444. The number of amides is 1. The number of carbonyl (C=O) groups excluding carboxylic acids is 1. The van der Waals surface area contributed by atoms with Gasteiger partial charge in [0.05, 0.1) is 29.0 Å². The zero-order valence-electron chi connectivity index (χ0n) is 14.8. The second-order valence-electron chi connectivity index (χ2n) is 6.78. The molecule has 0 bridgehead atoms. The van der Waals surface area contributed by atoms with Crippen molar-refractivity contribution in [1.82, 2.24) is 29.2 Å². The van der Waals surface area contributed by atoms with Crippen molar-refractivity contribution in [2.75, 3.05) is 13.1 Å². The Bertz CT molecular complexity index is 927. The highest BCUT2D eigenvalue weighted by Gasteiger charge is 2.27. The molecule has 25 heavy (non-hydrogen) atoms. The molecule has 4 heterocycles. The third-order valence-corrected chi connectivity index (χ3v) is 4.96. The van der Waals surface area contributed by atoms with Gasteiger partial charge in [-0.25, -0.2) is 9.97 Å². The average molecular weight is 338 g/mol. The Morgan fingerprint density at radius 1 is 1.32 bits per heavy atom. The number of hydrogen-bond donors (Lipinski definition) is 0. The van der Waals surface area contributed by atoms with Crippen LogP contribution in [-0.4, -0.2) is 48.2 Å². The van der Waals surface area contributed by atoms with Crippen LogP contribution in [0.2, 0.25) is 0 Å². The maximum Gasteiger partial charge on any atom is 0.254 e. The number of nitrogens with zero attached hydrogens (tertiary/aromatic N) is 6. The highest BCUT2D eigenvalue weighted by Crippen LogP contribution is 2.26. The van der Waals surface area contributed by atoms with Gasteiger partial charge in [-0.2, -0.15) is 5.10 Å². The van der Waals surface area contributed by atoms with Crippen LogP contribution in [0, 0.1) is 13.8 Å². The fourth-order valence-electron chi connectivity index (χ4n) is 3.78. The molecule has 130 valence electrons. The molecule has 4 rings (SSSR count). The maximum atomic E-state index is 13.3. The quantitative estimate of drug-likeness (QED) is 0.719. The number of fused-ring (bicyclic) bond motifs is 1. The largest absolute Gasteiger partial charge is 0.337 e. The molecule has 7 nitrogen and oxygen atoms in total. The van der Waals surface area contributed by atoms with Crippen molar-refractivity contribution in [3.05, 3.63) is 41.7 Å². The van der Waals surface area contributed by atoms with Gasteiger partial charge in [-0.3, -0.25) is 9.48 Å². The molecule has 1 amide bonds. The first-order valence-electron chi connectivity index (χ1n) is 8.62. The van der Waals surface area contributed by atoms with Crippen LogP contribution >= 0.6 is 0 Å². The van der Waals surface area contributed by atoms with E-state index in [2.05, 4.69) is 19.6 Å². The molecule has 0 aliphatic carbocycles. The normalized spacial score (nSPS) is 18.0. The Kier molecular flexibility index (Phi) is 3.78. The minimum absolute atomic E-state index is 0.0661. The Balaban J connectivity index is 1.70. The lowest BCUT2D eigenvalue weighted by Gasteiger charge is -2.33. The molecule has 3 aromatic rings. The van der Waals surface area contributed by atoms with E-state index in [9.17, 15) is 4.79 Å². The van der Waals surface area contributed by atoms with Crippen molar-refractivity contribution >= 4 is 16.9 Å². The molecule has 0 spiro atoms. The zero-order valence-corrected chi connectivity index (χ0v) is 14.8. The van der Waals surface area contributed by atoms with Gasteiger partial charge in [-0.15, -0.1) is 0 Å². The van der Waals surface area contributed by atoms with Gasteiger partial charge in [0.25, 0.3) is 5.91 Å². The highest BCUT2D eigenvalue weighted by atomic mass is 16.2. The van der Waals surface area contributed by atoms with Crippen molar-refractivity contribution in [3.8, 4) is 0 Å². The summed E-state index contributed by atoms with van der Waals surface area (Å²) in [6.07, 6.45) is 7.65. The molecule has 0 saturated carbocycles. The number of carbonyl (C=O) groups is 1. The van der Waals surface area contributed by atoms with E-state index in [1.165, 1.54) is 0 Å². The monoisotopic (exact) mass is 338 g/mol. The smallest absolute Gasteiger partial charge is 0.254 e. The molecule has 0 aromatic carbocycles. The van der Waals surface area contributed by atoms with Gasteiger partial charge >= 0.3 is 0 Å². The van der Waals surface area contributed by atoms with Crippen LogP contribution < -0.4 is 0 Å². The third-order valence-electron chi connectivity index (χ3n) is 4.96. The van der Waals surface area contributed by atoms with E-state index >= 15 is 0 Å². The minimum Gasteiger partial charge on any atom is -0.337 e. The van der Waals surface area contributed by atoms with Gasteiger partial charge in [-0.05, 0) is 32.8 Å². The Hall–Kier alpha value is -2.70. The van der Waals surface area contributed by atoms with Crippen molar-refractivity contribution in [1.29, 1.82) is 0 Å². The summed E-state index contributed by atoms with van der Waals surface area (Å²) in [6.45, 7) is 5.34. The molecule has 0 radical (unpaired) electrons. The van der Waals surface area contributed by atoms with Crippen LogP contribution in [0.15, 0.2) is 24.8 Å². The van der Waals surface area contributed by atoms with Crippen molar-refractivity contribution < 1.29 is 4.79 Å².